The molecule has 1 N–H and O–H groups in total. The molecule has 1 saturated heterocycles. The molecule has 0 spiro atoms. The first-order valence-electron chi connectivity index (χ1n) is 7.36. The first-order chi connectivity index (χ1) is 9.24. The van der Waals surface area contributed by atoms with Crippen molar-refractivity contribution in [2.24, 2.45) is 5.92 Å². The molecule has 1 aliphatic carbocycles. The third-order valence-electron chi connectivity index (χ3n) is 4.62. The SMILES string of the molecule is CC(NC1CCc2cc(Cl)ccc21)C1CCOCC1. The molecule has 1 heterocycles. The van der Waals surface area contributed by atoms with Crippen LogP contribution in [0.3, 0.4) is 0 Å². The van der Waals surface area contributed by atoms with E-state index in [1.54, 1.807) is 0 Å². The molecule has 2 aliphatic rings. The Kier molecular flexibility index (Phi) is 4.11. The minimum absolute atomic E-state index is 0.505. The van der Waals surface area contributed by atoms with Crippen LogP contribution < -0.4 is 5.32 Å². The normalized spacial score (nSPS) is 25.3. The fraction of sp³-hybridized carbons (Fsp3) is 0.625. The molecule has 2 nitrogen and oxygen atoms in total. The number of rotatable bonds is 3. The summed E-state index contributed by atoms with van der Waals surface area (Å²) in [5, 5.41) is 4.68. The number of nitrogens with one attached hydrogen (secondary N) is 1. The van der Waals surface area contributed by atoms with E-state index in [0.717, 1.165) is 30.6 Å². The third-order valence-corrected chi connectivity index (χ3v) is 4.86. The Hall–Kier alpha value is -0.570. The van der Waals surface area contributed by atoms with Crippen LogP contribution in [0.5, 0.6) is 0 Å². The van der Waals surface area contributed by atoms with Crippen LogP contribution in [0.25, 0.3) is 0 Å². The van der Waals surface area contributed by atoms with E-state index in [2.05, 4.69) is 24.4 Å². The molecular weight excluding hydrogens is 258 g/mol. The fourth-order valence-electron chi connectivity index (χ4n) is 3.43. The maximum atomic E-state index is 6.06. The Morgan fingerprint density at radius 3 is 2.84 bits per heavy atom. The van der Waals surface area contributed by atoms with Gasteiger partial charge in [0, 0.05) is 30.3 Å². The van der Waals surface area contributed by atoms with E-state index < -0.39 is 0 Å². The van der Waals surface area contributed by atoms with Crippen LogP contribution in [-0.4, -0.2) is 19.3 Å². The Labute approximate surface area is 120 Å². The zero-order valence-corrected chi connectivity index (χ0v) is 12.2. The van der Waals surface area contributed by atoms with Crippen molar-refractivity contribution >= 4 is 11.6 Å². The fourth-order valence-corrected chi connectivity index (χ4v) is 3.62. The van der Waals surface area contributed by atoms with Crippen LogP contribution in [0.15, 0.2) is 18.2 Å². The van der Waals surface area contributed by atoms with Gasteiger partial charge >= 0.3 is 0 Å². The molecule has 1 aromatic carbocycles. The molecule has 104 valence electrons. The second kappa shape index (κ2) is 5.82. The highest BCUT2D eigenvalue weighted by molar-refractivity contribution is 6.30. The quantitative estimate of drug-likeness (QED) is 0.910. The maximum Gasteiger partial charge on any atom is 0.0469 e. The van der Waals surface area contributed by atoms with Crippen molar-refractivity contribution in [3.63, 3.8) is 0 Å². The van der Waals surface area contributed by atoms with Crippen molar-refractivity contribution in [1.82, 2.24) is 5.32 Å². The van der Waals surface area contributed by atoms with Crippen LogP contribution in [0.1, 0.15) is 43.4 Å². The molecule has 19 heavy (non-hydrogen) atoms. The van der Waals surface area contributed by atoms with Gasteiger partial charge in [-0.3, -0.25) is 0 Å². The monoisotopic (exact) mass is 279 g/mol. The van der Waals surface area contributed by atoms with E-state index in [1.165, 1.54) is 30.4 Å². The molecule has 0 saturated carbocycles. The lowest BCUT2D eigenvalue weighted by atomic mass is 9.92. The number of halogens is 1. The molecule has 0 bridgehead atoms. The number of benzene rings is 1. The van der Waals surface area contributed by atoms with Gasteiger partial charge in [0.2, 0.25) is 0 Å². The van der Waals surface area contributed by atoms with Crippen LogP contribution in [0, 0.1) is 5.92 Å². The van der Waals surface area contributed by atoms with Gasteiger partial charge in [-0.1, -0.05) is 17.7 Å². The molecule has 2 atom stereocenters. The highest BCUT2D eigenvalue weighted by Crippen LogP contribution is 2.34. The van der Waals surface area contributed by atoms with Gasteiger partial charge < -0.3 is 10.1 Å². The lowest BCUT2D eigenvalue weighted by molar-refractivity contribution is 0.0544. The Bertz CT molecular complexity index is 442. The standard InChI is InChI=1S/C16H22ClNO/c1-11(12-6-8-19-9-7-12)18-16-5-2-13-10-14(17)3-4-15(13)16/h3-4,10-12,16,18H,2,5-9H2,1H3. The summed E-state index contributed by atoms with van der Waals surface area (Å²) in [6.45, 7) is 4.17. The van der Waals surface area contributed by atoms with E-state index in [1.807, 2.05) is 6.07 Å². The molecule has 0 aromatic heterocycles. The third kappa shape index (κ3) is 2.96. The van der Waals surface area contributed by atoms with Crippen molar-refractivity contribution in [1.29, 1.82) is 0 Å². The summed E-state index contributed by atoms with van der Waals surface area (Å²) >= 11 is 6.06. The summed E-state index contributed by atoms with van der Waals surface area (Å²) in [4.78, 5) is 0. The van der Waals surface area contributed by atoms with E-state index in [9.17, 15) is 0 Å². The van der Waals surface area contributed by atoms with E-state index in [4.69, 9.17) is 16.3 Å². The average Bonchev–Trinajstić information content (AvgIpc) is 2.82. The minimum Gasteiger partial charge on any atom is -0.381 e. The Morgan fingerprint density at radius 1 is 1.26 bits per heavy atom. The van der Waals surface area contributed by atoms with Crippen molar-refractivity contribution < 1.29 is 4.74 Å². The van der Waals surface area contributed by atoms with Gasteiger partial charge in [0.25, 0.3) is 0 Å². The summed E-state index contributed by atoms with van der Waals surface area (Å²) in [5.41, 5.74) is 2.87. The zero-order valence-electron chi connectivity index (χ0n) is 11.5. The van der Waals surface area contributed by atoms with Gasteiger partial charge in [-0.2, -0.15) is 0 Å². The smallest absolute Gasteiger partial charge is 0.0469 e. The summed E-state index contributed by atoms with van der Waals surface area (Å²) in [5.74, 6) is 0.755. The summed E-state index contributed by atoms with van der Waals surface area (Å²) in [6, 6.07) is 7.40. The van der Waals surface area contributed by atoms with Gasteiger partial charge in [-0.05, 0) is 61.8 Å². The van der Waals surface area contributed by atoms with Crippen LogP contribution in [0.2, 0.25) is 5.02 Å². The molecule has 1 fully saturated rings. The van der Waals surface area contributed by atoms with E-state index in [0.29, 0.717) is 12.1 Å². The number of ether oxygens (including phenoxy) is 1. The molecule has 0 radical (unpaired) electrons. The number of fused-ring (bicyclic) bond motifs is 1. The van der Waals surface area contributed by atoms with Gasteiger partial charge in [0.1, 0.15) is 0 Å². The number of hydrogen-bond donors (Lipinski definition) is 1. The molecule has 0 amide bonds. The number of hydrogen-bond acceptors (Lipinski definition) is 2. The molecule has 1 aliphatic heterocycles. The van der Waals surface area contributed by atoms with Crippen molar-refractivity contribution in [2.45, 2.75) is 44.7 Å². The predicted molar refractivity (Wildman–Crippen MR) is 78.7 cm³/mol. The maximum absolute atomic E-state index is 6.06. The lowest BCUT2D eigenvalue weighted by Gasteiger charge is -2.31. The predicted octanol–water partition coefficient (Wildman–Crippen LogP) is 3.73. The van der Waals surface area contributed by atoms with Gasteiger partial charge in [0.15, 0.2) is 0 Å². The lowest BCUT2D eigenvalue weighted by Crippen LogP contribution is -2.38. The van der Waals surface area contributed by atoms with Crippen molar-refractivity contribution in [3.05, 3.63) is 34.3 Å². The van der Waals surface area contributed by atoms with Crippen molar-refractivity contribution in [3.8, 4) is 0 Å². The largest absolute Gasteiger partial charge is 0.381 e. The van der Waals surface area contributed by atoms with Crippen LogP contribution in [0.4, 0.5) is 0 Å². The first kappa shape index (κ1) is 13.4. The minimum atomic E-state index is 0.505. The molecule has 2 unspecified atom stereocenters. The molecule has 1 aromatic rings. The Balaban J connectivity index is 1.65. The van der Waals surface area contributed by atoms with Gasteiger partial charge in [0.05, 0.1) is 0 Å². The van der Waals surface area contributed by atoms with Gasteiger partial charge in [-0.15, -0.1) is 0 Å². The second-order valence-corrected chi connectivity index (χ2v) is 6.28. The topological polar surface area (TPSA) is 21.3 Å². The van der Waals surface area contributed by atoms with Crippen molar-refractivity contribution in [2.75, 3.05) is 13.2 Å². The summed E-state index contributed by atoms with van der Waals surface area (Å²) < 4.78 is 5.45. The number of aryl methyl sites for hydroxylation is 1. The zero-order chi connectivity index (χ0) is 13.2. The van der Waals surface area contributed by atoms with Crippen LogP contribution >= 0.6 is 11.6 Å². The van der Waals surface area contributed by atoms with E-state index >= 15 is 0 Å². The van der Waals surface area contributed by atoms with Gasteiger partial charge in [-0.25, -0.2) is 0 Å². The second-order valence-electron chi connectivity index (χ2n) is 5.84. The average molecular weight is 280 g/mol. The van der Waals surface area contributed by atoms with E-state index in [-0.39, 0.29) is 0 Å². The molecule has 3 rings (SSSR count). The van der Waals surface area contributed by atoms with Crippen LogP contribution in [-0.2, 0) is 11.2 Å². The first-order valence-corrected chi connectivity index (χ1v) is 7.74. The molecular formula is C16H22ClNO. The highest BCUT2D eigenvalue weighted by atomic mass is 35.5. The molecule has 3 heteroatoms. The Morgan fingerprint density at radius 2 is 2.05 bits per heavy atom. The summed E-state index contributed by atoms with van der Waals surface area (Å²) in [7, 11) is 0. The highest BCUT2D eigenvalue weighted by Gasteiger charge is 2.27. The summed E-state index contributed by atoms with van der Waals surface area (Å²) in [6.07, 6.45) is 4.72.